The van der Waals surface area contributed by atoms with Crippen LogP contribution in [0, 0.1) is 0 Å². The molecule has 0 fully saturated rings. The van der Waals surface area contributed by atoms with Gasteiger partial charge in [0.1, 0.15) is 0 Å². The number of rotatable bonds is 8. The molecule has 2 heterocycles. The summed E-state index contributed by atoms with van der Waals surface area (Å²) in [4.78, 5) is 12.9. The van der Waals surface area contributed by atoms with Crippen molar-refractivity contribution in [2.24, 2.45) is 0 Å². The maximum atomic E-state index is 4.36. The monoisotopic (exact) mass is 293 g/mol. The van der Waals surface area contributed by atoms with Crippen molar-refractivity contribution in [3.63, 3.8) is 0 Å². The minimum absolute atomic E-state index is 0.501. The van der Waals surface area contributed by atoms with Crippen LogP contribution in [0.25, 0.3) is 5.95 Å². The molecule has 0 aromatic carbocycles. The molecule has 0 saturated carbocycles. The van der Waals surface area contributed by atoms with Gasteiger partial charge in [0.2, 0.25) is 11.9 Å². The Labute approximate surface area is 122 Å². The van der Waals surface area contributed by atoms with Crippen LogP contribution < -0.4 is 10.6 Å². The van der Waals surface area contributed by atoms with E-state index in [-0.39, 0.29) is 0 Å². The molecule has 108 valence electrons. The molecular weight excluding hydrogens is 274 g/mol. The highest BCUT2D eigenvalue weighted by Crippen LogP contribution is 2.08. The van der Waals surface area contributed by atoms with Gasteiger partial charge in [-0.15, -0.1) is 0 Å². The molecule has 8 heteroatoms. The van der Waals surface area contributed by atoms with E-state index in [0.29, 0.717) is 17.8 Å². The second kappa shape index (κ2) is 7.68. The zero-order valence-electron chi connectivity index (χ0n) is 11.7. The molecule has 20 heavy (non-hydrogen) atoms. The van der Waals surface area contributed by atoms with Crippen LogP contribution in [0.3, 0.4) is 0 Å². The van der Waals surface area contributed by atoms with E-state index in [4.69, 9.17) is 0 Å². The maximum Gasteiger partial charge on any atom is 0.257 e. The van der Waals surface area contributed by atoms with E-state index in [1.807, 2.05) is 17.8 Å². The minimum atomic E-state index is 0.501. The Morgan fingerprint density at radius 2 is 2.05 bits per heavy atom. The molecule has 0 saturated heterocycles. The highest BCUT2D eigenvalue weighted by atomic mass is 32.2. The Morgan fingerprint density at radius 1 is 1.20 bits per heavy atom. The highest BCUT2D eigenvalue weighted by molar-refractivity contribution is 7.98. The zero-order valence-corrected chi connectivity index (χ0v) is 12.5. The summed E-state index contributed by atoms with van der Waals surface area (Å²) in [6.07, 6.45) is 7.90. The molecule has 2 N–H and O–H groups in total. The van der Waals surface area contributed by atoms with Crippen LogP contribution in [0.1, 0.15) is 12.8 Å². The predicted octanol–water partition coefficient (Wildman–Crippen LogP) is 1.65. The molecule has 0 bridgehead atoms. The average molecular weight is 293 g/mol. The Balaban J connectivity index is 2.03. The summed E-state index contributed by atoms with van der Waals surface area (Å²) in [6.45, 7) is 0.853. The fourth-order valence-electron chi connectivity index (χ4n) is 1.62. The first-order valence-corrected chi connectivity index (χ1v) is 7.89. The molecule has 0 aliphatic rings. The van der Waals surface area contributed by atoms with Crippen molar-refractivity contribution in [2.75, 3.05) is 36.2 Å². The summed E-state index contributed by atoms with van der Waals surface area (Å²) >= 11 is 1.86. The van der Waals surface area contributed by atoms with Gasteiger partial charge < -0.3 is 10.6 Å². The summed E-state index contributed by atoms with van der Waals surface area (Å²) < 4.78 is 1.61. The first-order valence-electron chi connectivity index (χ1n) is 6.50. The number of hydrogen-bond donors (Lipinski definition) is 2. The van der Waals surface area contributed by atoms with Crippen molar-refractivity contribution < 1.29 is 0 Å². The van der Waals surface area contributed by atoms with Gasteiger partial charge in [-0.25, -0.2) is 4.68 Å². The van der Waals surface area contributed by atoms with E-state index in [9.17, 15) is 0 Å². The normalized spacial score (nSPS) is 10.5. The SMILES string of the molecule is CNc1nc(NCCCCSC)nc(-n2cccn2)n1. The molecule has 2 aromatic rings. The number of unbranched alkanes of at least 4 members (excludes halogenated alkanes) is 1. The number of aromatic nitrogens is 5. The fraction of sp³-hybridized carbons (Fsp3) is 0.500. The third-order valence-corrected chi connectivity index (χ3v) is 3.31. The largest absolute Gasteiger partial charge is 0.357 e. The van der Waals surface area contributed by atoms with Crippen LogP contribution in [-0.4, -0.2) is 50.3 Å². The summed E-state index contributed by atoms with van der Waals surface area (Å²) in [7, 11) is 1.78. The smallest absolute Gasteiger partial charge is 0.257 e. The number of anilines is 2. The molecule has 2 aromatic heterocycles. The summed E-state index contributed by atoms with van der Waals surface area (Å²) in [5.41, 5.74) is 0. The molecular formula is C12H19N7S. The van der Waals surface area contributed by atoms with Crippen LogP contribution in [0.4, 0.5) is 11.9 Å². The molecule has 0 radical (unpaired) electrons. The quantitative estimate of drug-likeness (QED) is 0.716. The van der Waals surface area contributed by atoms with Crippen LogP contribution in [0.5, 0.6) is 0 Å². The van der Waals surface area contributed by atoms with E-state index in [0.717, 1.165) is 13.0 Å². The summed E-state index contributed by atoms with van der Waals surface area (Å²) in [6, 6.07) is 1.83. The van der Waals surface area contributed by atoms with Crippen LogP contribution >= 0.6 is 11.8 Å². The van der Waals surface area contributed by atoms with E-state index in [2.05, 4.69) is 36.9 Å². The van der Waals surface area contributed by atoms with E-state index in [1.54, 1.807) is 24.1 Å². The van der Waals surface area contributed by atoms with E-state index in [1.165, 1.54) is 12.2 Å². The predicted molar refractivity (Wildman–Crippen MR) is 82.6 cm³/mol. The van der Waals surface area contributed by atoms with Crippen molar-refractivity contribution in [2.45, 2.75) is 12.8 Å². The molecule has 2 rings (SSSR count). The Bertz CT molecular complexity index is 515. The van der Waals surface area contributed by atoms with Crippen molar-refractivity contribution in [1.29, 1.82) is 0 Å². The number of thioether (sulfide) groups is 1. The Kier molecular flexibility index (Phi) is 5.60. The molecule has 0 amide bonds. The third-order valence-electron chi connectivity index (χ3n) is 2.61. The lowest BCUT2D eigenvalue weighted by Gasteiger charge is -2.08. The van der Waals surface area contributed by atoms with Gasteiger partial charge in [0.05, 0.1) is 0 Å². The third kappa shape index (κ3) is 4.09. The molecule has 0 spiro atoms. The Hall–Kier alpha value is -1.83. The van der Waals surface area contributed by atoms with Crippen molar-refractivity contribution >= 4 is 23.7 Å². The van der Waals surface area contributed by atoms with Crippen LogP contribution in [0.15, 0.2) is 18.5 Å². The Morgan fingerprint density at radius 3 is 2.75 bits per heavy atom. The second-order valence-corrected chi connectivity index (χ2v) is 5.10. The van der Waals surface area contributed by atoms with Gasteiger partial charge in [0, 0.05) is 26.0 Å². The lowest BCUT2D eigenvalue weighted by atomic mass is 10.3. The molecule has 7 nitrogen and oxygen atoms in total. The van der Waals surface area contributed by atoms with Gasteiger partial charge in [-0.3, -0.25) is 0 Å². The summed E-state index contributed by atoms with van der Waals surface area (Å²) in [5, 5.41) is 10.3. The molecule has 0 aliphatic heterocycles. The van der Waals surface area contributed by atoms with Gasteiger partial charge in [-0.1, -0.05) is 0 Å². The lowest BCUT2D eigenvalue weighted by Crippen LogP contribution is -2.12. The highest BCUT2D eigenvalue weighted by Gasteiger charge is 2.07. The standard InChI is InChI=1S/C12H19N7S/c1-13-10-16-11(14-6-3-4-9-20-2)18-12(17-10)19-8-5-7-15-19/h5,7-8H,3-4,6,9H2,1-2H3,(H2,13,14,16,17,18). The van der Waals surface area contributed by atoms with Gasteiger partial charge in [0.25, 0.3) is 5.95 Å². The van der Waals surface area contributed by atoms with Crippen molar-refractivity contribution in [3.05, 3.63) is 18.5 Å². The maximum absolute atomic E-state index is 4.36. The number of nitrogens with zero attached hydrogens (tertiary/aromatic N) is 5. The zero-order chi connectivity index (χ0) is 14.2. The van der Waals surface area contributed by atoms with Crippen LogP contribution in [0.2, 0.25) is 0 Å². The topological polar surface area (TPSA) is 80.5 Å². The molecule has 0 atom stereocenters. The molecule has 0 unspecified atom stereocenters. The lowest BCUT2D eigenvalue weighted by molar-refractivity contribution is 0.788. The van der Waals surface area contributed by atoms with Gasteiger partial charge in [-0.2, -0.15) is 31.8 Å². The van der Waals surface area contributed by atoms with Gasteiger partial charge in [-0.05, 0) is 30.9 Å². The van der Waals surface area contributed by atoms with Crippen LogP contribution in [-0.2, 0) is 0 Å². The first-order chi connectivity index (χ1) is 9.83. The van der Waals surface area contributed by atoms with Gasteiger partial charge >= 0.3 is 0 Å². The van der Waals surface area contributed by atoms with E-state index >= 15 is 0 Å². The van der Waals surface area contributed by atoms with Crippen molar-refractivity contribution in [3.8, 4) is 5.95 Å². The van der Waals surface area contributed by atoms with E-state index < -0.39 is 0 Å². The number of nitrogens with one attached hydrogen (secondary N) is 2. The summed E-state index contributed by atoms with van der Waals surface area (Å²) in [5.74, 6) is 2.77. The first kappa shape index (κ1) is 14.6. The second-order valence-electron chi connectivity index (χ2n) is 4.11. The number of hydrogen-bond acceptors (Lipinski definition) is 7. The van der Waals surface area contributed by atoms with Crippen molar-refractivity contribution in [1.82, 2.24) is 24.7 Å². The minimum Gasteiger partial charge on any atom is -0.357 e. The molecule has 0 aliphatic carbocycles. The average Bonchev–Trinajstić information content (AvgIpc) is 3.01. The van der Waals surface area contributed by atoms with Gasteiger partial charge in [0.15, 0.2) is 0 Å². The fourth-order valence-corrected chi connectivity index (χ4v) is 2.11.